The van der Waals surface area contributed by atoms with Crippen LogP contribution >= 0.6 is 0 Å². The van der Waals surface area contributed by atoms with Gasteiger partial charge in [0.2, 0.25) is 5.95 Å². The molecule has 1 aliphatic rings. The van der Waals surface area contributed by atoms with Crippen LogP contribution in [-0.4, -0.2) is 54.3 Å². The molecule has 1 amide bonds. The third kappa shape index (κ3) is 5.56. The second-order valence-corrected chi connectivity index (χ2v) is 7.99. The Kier molecular flexibility index (Phi) is 7.16. The molecule has 3 heterocycles. The zero-order chi connectivity index (χ0) is 26.7. The van der Waals surface area contributed by atoms with Crippen LogP contribution in [0.1, 0.15) is 17.3 Å². The summed E-state index contributed by atoms with van der Waals surface area (Å²) in [5, 5.41) is 6.78. The molecule has 1 atom stereocenters. The summed E-state index contributed by atoms with van der Waals surface area (Å²) in [5.41, 5.74) is 4.33. The fourth-order valence-electron chi connectivity index (χ4n) is 3.66. The smallest absolute Gasteiger partial charge is 0.409 e. The van der Waals surface area contributed by atoms with Crippen LogP contribution in [0.4, 0.5) is 30.6 Å². The normalized spacial score (nSPS) is 15.3. The fourth-order valence-corrected chi connectivity index (χ4v) is 3.66. The van der Waals surface area contributed by atoms with Crippen LogP contribution < -0.4 is 30.5 Å². The Morgan fingerprint density at radius 1 is 1.08 bits per heavy atom. The molecule has 4 rings (SSSR count). The van der Waals surface area contributed by atoms with Gasteiger partial charge in [-0.2, -0.15) is 18.2 Å². The summed E-state index contributed by atoms with van der Waals surface area (Å²) < 4.78 is 51.0. The van der Waals surface area contributed by atoms with Gasteiger partial charge in [0.1, 0.15) is 17.5 Å². The van der Waals surface area contributed by atoms with Gasteiger partial charge >= 0.3 is 6.18 Å². The molecule has 0 radical (unpaired) electrons. The van der Waals surface area contributed by atoms with E-state index >= 15 is 0 Å². The van der Waals surface area contributed by atoms with Crippen LogP contribution in [0.3, 0.4) is 0 Å². The second kappa shape index (κ2) is 10.3. The highest BCUT2D eigenvalue weighted by Gasteiger charge is 2.43. The number of hydrazine groups is 1. The molecule has 10 nitrogen and oxygen atoms in total. The molecule has 3 N–H and O–H groups in total. The van der Waals surface area contributed by atoms with Gasteiger partial charge in [0.25, 0.3) is 5.91 Å². The van der Waals surface area contributed by atoms with E-state index in [1.807, 2.05) is 0 Å². The van der Waals surface area contributed by atoms with Gasteiger partial charge in [-0.3, -0.25) is 14.8 Å². The number of benzene rings is 1. The van der Waals surface area contributed by atoms with E-state index in [4.69, 9.17) is 9.47 Å². The Morgan fingerprint density at radius 3 is 2.38 bits per heavy atom. The standard InChI is InChI=1S/C24H24F3N7O3/c1-13-5-20(24(25,26)27)33-34(13)21-19(14-6-15(11-29-10-14)22(35)28-2)12-30-23(32-21)31-16-7-17(36-3)9-18(8-16)37-4/h5-12,20,33H,1-4H3,(H,28,35)(H,30,31,32). The fraction of sp³-hybridized carbons (Fsp3) is 0.250. The lowest BCUT2D eigenvalue weighted by Crippen LogP contribution is -2.45. The van der Waals surface area contributed by atoms with Crippen LogP contribution in [0.25, 0.3) is 11.1 Å². The molecule has 2 aromatic heterocycles. The minimum atomic E-state index is -4.51. The highest BCUT2D eigenvalue weighted by atomic mass is 19.4. The molecule has 0 bridgehead atoms. The third-order valence-corrected chi connectivity index (χ3v) is 5.51. The predicted octanol–water partition coefficient (Wildman–Crippen LogP) is 3.82. The maximum Gasteiger partial charge on any atom is 0.409 e. The van der Waals surface area contributed by atoms with Gasteiger partial charge < -0.3 is 20.1 Å². The SMILES string of the molecule is CNC(=O)c1cncc(-c2cnc(Nc3cc(OC)cc(OC)c3)nc2N2NC(C(F)(F)F)C=C2C)c1. The van der Waals surface area contributed by atoms with Gasteiger partial charge in [-0.15, -0.1) is 0 Å². The molecule has 1 unspecified atom stereocenters. The first-order valence-corrected chi connectivity index (χ1v) is 11.0. The van der Waals surface area contributed by atoms with Crippen molar-refractivity contribution in [1.29, 1.82) is 0 Å². The molecule has 194 valence electrons. The number of allylic oxidation sites excluding steroid dienone is 1. The topological polar surface area (TPSA) is 114 Å². The number of hydrogen-bond acceptors (Lipinski definition) is 9. The molecule has 0 aliphatic carbocycles. The Balaban J connectivity index is 1.79. The van der Waals surface area contributed by atoms with Crippen molar-refractivity contribution in [2.75, 3.05) is 31.6 Å². The Bertz CT molecular complexity index is 1330. The number of methoxy groups -OCH3 is 2. The summed E-state index contributed by atoms with van der Waals surface area (Å²) in [6, 6.07) is 4.73. The highest BCUT2D eigenvalue weighted by Crippen LogP contribution is 2.36. The number of alkyl halides is 3. The lowest BCUT2D eigenvalue weighted by atomic mass is 10.1. The minimum absolute atomic E-state index is 0.106. The first kappa shape index (κ1) is 25.7. The third-order valence-electron chi connectivity index (χ3n) is 5.51. The van der Waals surface area contributed by atoms with Crippen molar-refractivity contribution in [2.24, 2.45) is 0 Å². The molecule has 13 heteroatoms. The first-order chi connectivity index (χ1) is 17.6. The van der Waals surface area contributed by atoms with Crippen molar-refractivity contribution in [2.45, 2.75) is 19.1 Å². The summed E-state index contributed by atoms with van der Waals surface area (Å²) in [5.74, 6) is 0.903. The first-order valence-electron chi connectivity index (χ1n) is 11.0. The summed E-state index contributed by atoms with van der Waals surface area (Å²) in [4.78, 5) is 25.1. The van der Waals surface area contributed by atoms with Crippen molar-refractivity contribution in [1.82, 2.24) is 25.7 Å². The molecule has 1 aliphatic heterocycles. The number of amides is 1. The molecular formula is C24H24F3N7O3. The lowest BCUT2D eigenvalue weighted by Gasteiger charge is -2.25. The van der Waals surface area contributed by atoms with Crippen LogP contribution in [0.5, 0.6) is 11.5 Å². The largest absolute Gasteiger partial charge is 0.497 e. The summed E-state index contributed by atoms with van der Waals surface area (Å²) in [6.07, 6.45) is 0.856. The van der Waals surface area contributed by atoms with E-state index in [1.165, 1.54) is 51.8 Å². The van der Waals surface area contributed by atoms with Gasteiger partial charge in [0.05, 0.1) is 19.8 Å². The maximum absolute atomic E-state index is 13.5. The van der Waals surface area contributed by atoms with Crippen LogP contribution in [0.2, 0.25) is 0 Å². The number of nitrogens with one attached hydrogen (secondary N) is 3. The number of carbonyl (C=O) groups excluding carboxylic acids is 1. The number of pyridine rings is 1. The Labute approximate surface area is 210 Å². The van der Waals surface area contributed by atoms with Gasteiger partial charge in [-0.25, -0.2) is 10.4 Å². The van der Waals surface area contributed by atoms with Crippen LogP contribution in [0.15, 0.2) is 54.6 Å². The summed E-state index contributed by atoms with van der Waals surface area (Å²) in [6.45, 7) is 1.53. The van der Waals surface area contributed by atoms with Gasteiger partial charge in [0.15, 0.2) is 5.82 Å². The Morgan fingerprint density at radius 2 is 1.78 bits per heavy atom. The number of aromatic nitrogens is 3. The molecule has 0 spiro atoms. The second-order valence-electron chi connectivity index (χ2n) is 7.99. The van der Waals surface area contributed by atoms with E-state index in [0.717, 1.165) is 6.08 Å². The Hall–Kier alpha value is -4.39. The molecule has 0 saturated heterocycles. The summed E-state index contributed by atoms with van der Waals surface area (Å²) in [7, 11) is 4.50. The molecule has 37 heavy (non-hydrogen) atoms. The number of anilines is 3. The summed E-state index contributed by atoms with van der Waals surface area (Å²) >= 11 is 0. The van der Waals surface area contributed by atoms with Crippen molar-refractivity contribution in [3.8, 4) is 22.6 Å². The average molecular weight is 515 g/mol. The van der Waals surface area contributed by atoms with E-state index < -0.39 is 12.2 Å². The zero-order valence-electron chi connectivity index (χ0n) is 20.3. The van der Waals surface area contributed by atoms with Gasteiger partial charge in [-0.05, 0) is 19.1 Å². The molecular weight excluding hydrogens is 491 g/mol. The number of halogens is 3. The number of nitrogens with zero attached hydrogens (tertiary/aromatic N) is 4. The van der Waals surface area contributed by atoms with Crippen molar-refractivity contribution in [3.05, 3.63) is 60.2 Å². The van der Waals surface area contributed by atoms with Gasteiger partial charge in [0, 0.05) is 66.3 Å². The highest BCUT2D eigenvalue weighted by molar-refractivity contribution is 5.95. The zero-order valence-corrected chi connectivity index (χ0v) is 20.3. The molecule has 3 aromatic rings. The van der Waals surface area contributed by atoms with Gasteiger partial charge in [-0.1, -0.05) is 0 Å². The number of hydrogen-bond donors (Lipinski definition) is 3. The van der Waals surface area contributed by atoms with E-state index in [2.05, 4.69) is 31.0 Å². The quantitative estimate of drug-likeness (QED) is 0.432. The van der Waals surface area contributed by atoms with Crippen molar-refractivity contribution < 1.29 is 27.4 Å². The van der Waals surface area contributed by atoms with Crippen molar-refractivity contribution in [3.63, 3.8) is 0 Å². The van der Waals surface area contributed by atoms with E-state index in [-0.39, 0.29) is 28.9 Å². The predicted molar refractivity (Wildman–Crippen MR) is 131 cm³/mol. The molecule has 1 aromatic carbocycles. The average Bonchev–Trinajstić information content (AvgIpc) is 3.30. The monoisotopic (exact) mass is 515 g/mol. The van der Waals surface area contributed by atoms with Crippen LogP contribution in [0, 0.1) is 0 Å². The molecule has 0 saturated carbocycles. The van der Waals surface area contributed by atoms with E-state index in [0.29, 0.717) is 28.3 Å². The number of rotatable bonds is 7. The van der Waals surface area contributed by atoms with E-state index in [9.17, 15) is 18.0 Å². The maximum atomic E-state index is 13.5. The number of carbonyl (C=O) groups is 1. The molecule has 0 fully saturated rings. The van der Waals surface area contributed by atoms with E-state index in [1.54, 1.807) is 24.3 Å². The lowest BCUT2D eigenvalue weighted by molar-refractivity contribution is -0.142. The minimum Gasteiger partial charge on any atom is -0.497 e. The van der Waals surface area contributed by atoms with Crippen LogP contribution in [-0.2, 0) is 0 Å². The van der Waals surface area contributed by atoms with Crippen molar-refractivity contribution >= 4 is 23.4 Å². The number of ether oxygens (including phenoxy) is 2.